The first-order valence-electron chi connectivity index (χ1n) is 36.0. The van der Waals surface area contributed by atoms with Gasteiger partial charge in [-0.1, -0.05) is 27.7 Å². The van der Waals surface area contributed by atoms with Gasteiger partial charge in [0.1, 0.15) is 189 Å². The molecule has 1 aliphatic rings. The van der Waals surface area contributed by atoms with Crippen LogP contribution in [0.1, 0.15) is 185 Å². The van der Waals surface area contributed by atoms with E-state index in [1.165, 1.54) is 146 Å². The van der Waals surface area contributed by atoms with E-state index < -0.39 is 23.7 Å². The zero-order valence-corrected chi connectivity index (χ0v) is 63.2. The van der Waals surface area contributed by atoms with E-state index in [9.17, 15) is 84.2 Å². The van der Waals surface area contributed by atoms with Gasteiger partial charge in [0.2, 0.25) is 0 Å². The molecule has 24 nitrogen and oxygen atoms in total. The highest BCUT2D eigenvalue weighted by Gasteiger charge is 2.34. The molecule has 12 aromatic carbocycles. The van der Waals surface area contributed by atoms with Crippen LogP contribution in [0.5, 0.6) is 92.0 Å². The maximum absolute atomic E-state index is 10.5. The van der Waals surface area contributed by atoms with Crippen molar-refractivity contribution < 1.29 is 37.9 Å². The van der Waals surface area contributed by atoms with Crippen LogP contribution in [0.4, 0.5) is 0 Å². The Morgan fingerprint density at radius 3 is 0.358 bits per heavy atom. The van der Waals surface area contributed by atoms with Crippen molar-refractivity contribution in [1.82, 2.24) is 0 Å². The first-order chi connectivity index (χ1) is 58.3. The van der Waals surface area contributed by atoms with Crippen LogP contribution in [-0.4, -0.2) is 0 Å². The Kier molecular flexibility index (Phi) is 22.5. The molecule has 1 aliphatic carbocycles. The lowest BCUT2D eigenvalue weighted by atomic mass is 9.80. The normalized spacial score (nSPS) is 13.0. The van der Waals surface area contributed by atoms with Crippen LogP contribution in [0.3, 0.4) is 0 Å². The second kappa shape index (κ2) is 34.2. The minimum atomic E-state index is -1.04. The maximum Gasteiger partial charge on any atom is 0.134 e. The third kappa shape index (κ3) is 15.8. The Bertz CT molecular complexity index is 5900. The number of fused-ring (bicyclic) bond motifs is 8. The van der Waals surface area contributed by atoms with Gasteiger partial charge < -0.3 is 37.9 Å². The minimum Gasteiger partial charge on any atom is -0.457 e. The summed E-state index contributed by atoms with van der Waals surface area (Å²) in [4.78, 5) is 0. The van der Waals surface area contributed by atoms with Crippen molar-refractivity contribution >= 4 is 0 Å². The summed E-state index contributed by atoms with van der Waals surface area (Å²) in [6.45, 7) is 7.25. The lowest BCUT2D eigenvalue weighted by molar-refractivity contribution is 0.439. The molecule has 12 aromatic rings. The monoisotopic (exact) mass is 1550 g/mol. The van der Waals surface area contributed by atoms with Crippen molar-refractivity contribution in [1.29, 1.82) is 84.2 Å². The molecule has 560 valence electrons. The van der Waals surface area contributed by atoms with E-state index in [4.69, 9.17) is 37.9 Å². The average molecular weight is 1550 g/mol. The molecule has 0 saturated heterocycles. The van der Waals surface area contributed by atoms with E-state index >= 15 is 0 Å². The molecule has 120 heavy (non-hydrogen) atoms. The van der Waals surface area contributed by atoms with Gasteiger partial charge in [0.05, 0.1) is 89.0 Å². The molecule has 0 N–H and O–H groups in total. The zero-order chi connectivity index (χ0) is 85.0. The highest BCUT2D eigenvalue weighted by molar-refractivity contribution is 5.68. The van der Waals surface area contributed by atoms with Crippen LogP contribution in [0.2, 0.25) is 0 Å². The molecule has 0 saturated carbocycles. The van der Waals surface area contributed by atoms with E-state index in [-0.39, 0.29) is 181 Å². The van der Waals surface area contributed by atoms with Crippen LogP contribution in [0.25, 0.3) is 0 Å². The van der Waals surface area contributed by atoms with Crippen LogP contribution in [-0.2, 0) is 0 Å². The lowest BCUT2D eigenvalue weighted by Crippen LogP contribution is -2.11. The largest absolute Gasteiger partial charge is 0.457 e. The fourth-order valence-electron chi connectivity index (χ4n) is 13.7. The van der Waals surface area contributed by atoms with Crippen LogP contribution in [0.15, 0.2) is 194 Å². The number of hydrogen-bond acceptors (Lipinski definition) is 24. The summed E-state index contributed by atoms with van der Waals surface area (Å²) in [5, 5.41) is 166. The Balaban J connectivity index is 1.22. The highest BCUT2D eigenvalue weighted by atomic mass is 16.5. The van der Waals surface area contributed by atoms with Gasteiger partial charge in [-0.3, -0.25) is 0 Å². The van der Waals surface area contributed by atoms with Crippen molar-refractivity contribution in [3.8, 4) is 189 Å². The molecule has 0 spiro atoms. The molecule has 0 aromatic heterocycles. The standard InChI is InChI=1S/C96H48N16O8/c1-53-81-29-83(91(115-75-15-7-59(39-99)67(23-75)47-107)33-89(81)113-73-13-5-57(37-97)65(21-73)45-105)54(2)85-31-87(95(119-79-19-11-63(43-103)71(27-79)51-111)35-93(85)117-77-17-9-61(41-101)69(25-77)49-109)56(4)88-32-86(94(118-78-18-10-62(42-102)70(26-78)50-110)36-96(88)120-80-20-12-64(44-104)72(28-80)52-112)55(3)84-30-82(53)90(114-74-14-6-58(38-98)66(22-74)46-106)34-92(84)116-76-16-8-60(40-100)68(24-76)48-108/h5-36,53-56H,1-4H3. The fraction of sp³-hybridized carbons (Fsp3) is 0.0833. The average Bonchev–Trinajstić information content (AvgIpc) is 0.746. The van der Waals surface area contributed by atoms with Crippen molar-refractivity contribution in [3.05, 3.63) is 328 Å². The SMILES string of the molecule is CC1c2cc(c(Oc3ccc(C#N)c(C#N)c3)cc2Oc2ccc(C#N)c(C#N)c2)C(C)c2cc(c(Oc3ccc(C#N)c(C#N)c3)cc2Oc2ccc(C#N)c(C#N)c2)C(C)c2cc(c(Oc3ccc(C#N)c(C#N)c3)cc2Oc2ccc(C#N)c(C#N)c2)C(C)c2cc1c(Oc1ccc(C#N)c(C#N)c1)cc2Oc1ccc(C#N)c(C#N)c1. The third-order valence-corrected chi connectivity index (χ3v) is 20.0. The Hall–Kier alpha value is -19.1. The smallest absolute Gasteiger partial charge is 0.134 e. The summed E-state index contributed by atoms with van der Waals surface area (Å²) in [6.07, 6.45) is 0. The minimum absolute atomic E-state index is 0.0239. The van der Waals surface area contributed by atoms with Crippen LogP contribution < -0.4 is 37.9 Å². The first-order valence-corrected chi connectivity index (χ1v) is 36.0. The Morgan fingerprint density at radius 1 is 0.150 bits per heavy atom. The molecule has 0 atom stereocenters. The Labute approximate surface area is 686 Å². The number of rotatable bonds is 16. The van der Waals surface area contributed by atoms with Crippen LogP contribution >= 0.6 is 0 Å². The third-order valence-electron chi connectivity index (χ3n) is 20.0. The molecule has 0 aliphatic heterocycles. The molecular formula is C96H48N16O8. The molecule has 24 heteroatoms. The van der Waals surface area contributed by atoms with Crippen molar-refractivity contribution in [3.63, 3.8) is 0 Å². The van der Waals surface area contributed by atoms with Crippen molar-refractivity contribution in [2.45, 2.75) is 51.4 Å². The fourth-order valence-corrected chi connectivity index (χ4v) is 13.7. The van der Waals surface area contributed by atoms with Gasteiger partial charge in [0.15, 0.2) is 0 Å². The second-order valence-corrected chi connectivity index (χ2v) is 26.9. The summed E-state index contributed by atoms with van der Waals surface area (Å²) in [7, 11) is 0. The van der Waals surface area contributed by atoms with Crippen molar-refractivity contribution in [2.75, 3.05) is 0 Å². The molecule has 13 rings (SSSR count). The molecule has 0 fully saturated rings. The quantitative estimate of drug-likeness (QED) is 0.0867. The van der Waals surface area contributed by atoms with E-state index in [0.29, 0.717) is 44.5 Å². The number of nitriles is 16. The van der Waals surface area contributed by atoms with E-state index in [1.807, 2.05) is 76.2 Å². The molecule has 0 heterocycles. The van der Waals surface area contributed by atoms with E-state index in [1.54, 1.807) is 48.5 Å². The summed E-state index contributed by atoms with van der Waals surface area (Å²) >= 11 is 0. The van der Waals surface area contributed by atoms with Gasteiger partial charge in [-0.15, -0.1) is 0 Å². The highest BCUT2D eigenvalue weighted by Crippen LogP contribution is 2.55. The van der Waals surface area contributed by atoms with Gasteiger partial charge in [0, 0.05) is 92.4 Å². The molecular weight excluding hydrogens is 1510 g/mol. The Morgan fingerprint density at radius 2 is 0.258 bits per heavy atom. The number of hydrogen-bond donors (Lipinski definition) is 0. The number of benzene rings is 12. The molecule has 0 unspecified atom stereocenters. The zero-order valence-electron chi connectivity index (χ0n) is 63.2. The van der Waals surface area contributed by atoms with Gasteiger partial charge in [-0.2, -0.15) is 84.2 Å². The summed E-state index contributed by atoms with van der Waals surface area (Å²) in [5.41, 5.74) is 2.28. The topological polar surface area (TPSA) is 454 Å². The van der Waals surface area contributed by atoms with Gasteiger partial charge >= 0.3 is 0 Å². The second-order valence-electron chi connectivity index (χ2n) is 26.9. The molecule has 0 radical (unpaired) electrons. The number of nitrogens with zero attached hydrogens (tertiary/aromatic N) is 16. The van der Waals surface area contributed by atoms with Gasteiger partial charge in [-0.25, -0.2) is 0 Å². The predicted octanol–water partition coefficient (Wildman–Crippen LogP) is 20.9. The molecule has 0 amide bonds. The van der Waals surface area contributed by atoms with Crippen LogP contribution in [0, 0.1) is 181 Å². The predicted molar refractivity (Wildman–Crippen MR) is 423 cm³/mol. The van der Waals surface area contributed by atoms with E-state index in [2.05, 4.69) is 48.6 Å². The van der Waals surface area contributed by atoms with Gasteiger partial charge in [0.25, 0.3) is 0 Å². The van der Waals surface area contributed by atoms with E-state index in [0.717, 1.165) is 0 Å². The summed E-state index contributed by atoms with van der Waals surface area (Å²) in [5.74, 6) is -3.58. The summed E-state index contributed by atoms with van der Waals surface area (Å²) in [6, 6.07) is 80.2. The first kappa shape index (κ1) is 79.0. The summed E-state index contributed by atoms with van der Waals surface area (Å²) < 4.78 is 56.2. The van der Waals surface area contributed by atoms with Crippen molar-refractivity contribution in [2.24, 2.45) is 0 Å². The maximum atomic E-state index is 10.5. The molecule has 8 bridgehead atoms. The van der Waals surface area contributed by atoms with Gasteiger partial charge in [-0.05, 0) is 170 Å². The lowest BCUT2D eigenvalue weighted by Gasteiger charge is -2.29. The number of ether oxygens (including phenoxy) is 8.